The highest BCUT2D eigenvalue weighted by Crippen LogP contribution is 2.20. The van der Waals surface area contributed by atoms with Crippen LogP contribution in [0.5, 0.6) is 0 Å². The summed E-state index contributed by atoms with van der Waals surface area (Å²) in [6, 6.07) is 7.38. The van der Waals surface area contributed by atoms with E-state index < -0.39 is 0 Å². The summed E-state index contributed by atoms with van der Waals surface area (Å²) in [6.45, 7) is 7.33. The molecule has 1 aliphatic rings. The van der Waals surface area contributed by atoms with Crippen molar-refractivity contribution in [1.82, 2.24) is 10.2 Å². The van der Waals surface area contributed by atoms with Crippen molar-refractivity contribution in [2.75, 3.05) is 25.0 Å². The second-order valence-corrected chi connectivity index (χ2v) is 6.31. The van der Waals surface area contributed by atoms with E-state index in [1.165, 1.54) is 12.8 Å². The predicted octanol–water partition coefficient (Wildman–Crippen LogP) is 3.58. The first-order valence-electron chi connectivity index (χ1n) is 7.59. The molecular formula is C16H24ClN3O. The Labute approximate surface area is 131 Å². The number of nitrogens with one attached hydrogen (secondary N) is 2. The smallest absolute Gasteiger partial charge is 0.319 e. The van der Waals surface area contributed by atoms with Gasteiger partial charge in [-0.05, 0) is 44.4 Å². The van der Waals surface area contributed by atoms with Crippen molar-refractivity contribution in [2.24, 2.45) is 5.92 Å². The standard InChI is InChI=1S/C16H24ClN3O/c1-12-6-5-9-20(11-12)13(2)10-18-16(21)19-15-8-4-3-7-14(15)17/h3-4,7-8,12-13H,5-6,9-11H2,1-2H3,(H2,18,19,21). The van der Waals surface area contributed by atoms with Crippen molar-refractivity contribution >= 4 is 23.3 Å². The van der Waals surface area contributed by atoms with Crippen LogP contribution in [-0.4, -0.2) is 36.6 Å². The molecule has 2 atom stereocenters. The second-order valence-electron chi connectivity index (χ2n) is 5.91. The average Bonchev–Trinajstić information content (AvgIpc) is 2.47. The van der Waals surface area contributed by atoms with Crippen molar-refractivity contribution in [3.63, 3.8) is 0 Å². The fourth-order valence-corrected chi connectivity index (χ4v) is 2.91. The largest absolute Gasteiger partial charge is 0.336 e. The fourth-order valence-electron chi connectivity index (χ4n) is 2.72. The number of anilines is 1. The number of hydrogen-bond acceptors (Lipinski definition) is 2. The van der Waals surface area contributed by atoms with Crippen LogP contribution in [0.25, 0.3) is 0 Å². The van der Waals surface area contributed by atoms with Crippen LogP contribution >= 0.6 is 11.6 Å². The van der Waals surface area contributed by atoms with E-state index in [2.05, 4.69) is 29.4 Å². The monoisotopic (exact) mass is 309 g/mol. The van der Waals surface area contributed by atoms with E-state index in [-0.39, 0.29) is 6.03 Å². The van der Waals surface area contributed by atoms with E-state index in [4.69, 9.17) is 11.6 Å². The maximum atomic E-state index is 11.9. The molecule has 0 bridgehead atoms. The summed E-state index contributed by atoms with van der Waals surface area (Å²) in [6.07, 6.45) is 2.56. The minimum atomic E-state index is -0.208. The number of piperidine rings is 1. The lowest BCUT2D eigenvalue weighted by molar-refractivity contribution is 0.138. The second kappa shape index (κ2) is 7.66. The highest BCUT2D eigenvalue weighted by molar-refractivity contribution is 6.33. The third-order valence-electron chi connectivity index (χ3n) is 3.99. The van der Waals surface area contributed by atoms with Gasteiger partial charge >= 0.3 is 6.03 Å². The summed E-state index contributed by atoms with van der Waals surface area (Å²) in [5.41, 5.74) is 0.635. The highest BCUT2D eigenvalue weighted by atomic mass is 35.5. The third kappa shape index (κ3) is 4.90. The van der Waals surface area contributed by atoms with Gasteiger partial charge in [-0.25, -0.2) is 4.79 Å². The van der Waals surface area contributed by atoms with Crippen LogP contribution < -0.4 is 10.6 Å². The number of amides is 2. The lowest BCUT2D eigenvalue weighted by Crippen LogP contribution is -2.47. The molecule has 0 aromatic heterocycles. The van der Waals surface area contributed by atoms with Gasteiger partial charge in [-0.3, -0.25) is 4.90 Å². The van der Waals surface area contributed by atoms with Crippen molar-refractivity contribution < 1.29 is 4.79 Å². The quantitative estimate of drug-likeness (QED) is 0.893. The zero-order valence-corrected chi connectivity index (χ0v) is 13.5. The summed E-state index contributed by atoms with van der Waals surface area (Å²) in [7, 11) is 0. The molecule has 1 heterocycles. The van der Waals surface area contributed by atoms with Crippen molar-refractivity contribution in [1.29, 1.82) is 0 Å². The van der Waals surface area contributed by atoms with E-state index in [1.54, 1.807) is 12.1 Å². The molecule has 0 radical (unpaired) electrons. The Morgan fingerprint density at radius 2 is 2.24 bits per heavy atom. The Morgan fingerprint density at radius 3 is 2.95 bits per heavy atom. The topological polar surface area (TPSA) is 44.4 Å². The van der Waals surface area contributed by atoms with E-state index in [0.717, 1.165) is 19.0 Å². The maximum absolute atomic E-state index is 11.9. The van der Waals surface area contributed by atoms with Crippen molar-refractivity contribution in [2.45, 2.75) is 32.7 Å². The van der Waals surface area contributed by atoms with E-state index in [9.17, 15) is 4.79 Å². The van der Waals surface area contributed by atoms with Crippen LogP contribution in [0, 0.1) is 5.92 Å². The fraction of sp³-hybridized carbons (Fsp3) is 0.562. The SMILES string of the molecule is CC1CCCN(C(C)CNC(=O)Nc2ccccc2Cl)C1. The number of likely N-dealkylation sites (tertiary alicyclic amines) is 1. The molecule has 4 nitrogen and oxygen atoms in total. The molecule has 5 heteroatoms. The summed E-state index contributed by atoms with van der Waals surface area (Å²) in [4.78, 5) is 14.4. The zero-order valence-electron chi connectivity index (χ0n) is 12.7. The molecule has 0 aliphatic carbocycles. The molecule has 1 aromatic carbocycles. The van der Waals surface area contributed by atoms with Crippen LogP contribution in [0.3, 0.4) is 0 Å². The van der Waals surface area contributed by atoms with Crippen LogP contribution in [0.2, 0.25) is 5.02 Å². The van der Waals surface area contributed by atoms with Gasteiger partial charge < -0.3 is 10.6 Å². The van der Waals surface area contributed by atoms with Crippen molar-refractivity contribution in [3.05, 3.63) is 29.3 Å². The summed E-state index contributed by atoms with van der Waals surface area (Å²) < 4.78 is 0. The van der Waals surface area contributed by atoms with Gasteiger partial charge in [0.1, 0.15) is 0 Å². The Kier molecular flexibility index (Phi) is 5.88. The van der Waals surface area contributed by atoms with Gasteiger partial charge in [-0.1, -0.05) is 30.7 Å². The van der Waals surface area contributed by atoms with Gasteiger partial charge in [0.25, 0.3) is 0 Å². The molecule has 2 rings (SSSR count). The molecule has 116 valence electrons. The number of rotatable bonds is 4. The van der Waals surface area contributed by atoms with Crippen LogP contribution in [-0.2, 0) is 0 Å². The molecular weight excluding hydrogens is 286 g/mol. The molecule has 2 N–H and O–H groups in total. The Balaban J connectivity index is 1.77. The van der Waals surface area contributed by atoms with Crippen LogP contribution in [0.4, 0.5) is 10.5 Å². The lowest BCUT2D eigenvalue weighted by atomic mass is 9.99. The van der Waals surface area contributed by atoms with Gasteiger partial charge in [0.2, 0.25) is 0 Å². The van der Waals surface area contributed by atoms with Gasteiger partial charge in [-0.2, -0.15) is 0 Å². The summed E-state index contributed by atoms with van der Waals surface area (Å²) >= 11 is 6.02. The number of carbonyl (C=O) groups is 1. The number of halogens is 1. The van der Waals surface area contributed by atoms with E-state index in [1.807, 2.05) is 12.1 Å². The molecule has 1 saturated heterocycles. The molecule has 1 fully saturated rings. The summed E-state index contributed by atoms with van der Waals surface area (Å²) in [5, 5.41) is 6.24. The number of nitrogens with zero attached hydrogens (tertiary/aromatic N) is 1. The Hall–Kier alpha value is -1.26. The van der Waals surface area contributed by atoms with Gasteiger partial charge in [0.15, 0.2) is 0 Å². The third-order valence-corrected chi connectivity index (χ3v) is 4.32. The molecule has 2 unspecified atom stereocenters. The van der Waals surface area contributed by atoms with Gasteiger partial charge in [0.05, 0.1) is 10.7 Å². The number of carbonyl (C=O) groups excluding carboxylic acids is 1. The first kappa shape index (κ1) is 16.1. The van der Waals surface area contributed by atoms with E-state index in [0.29, 0.717) is 23.3 Å². The predicted molar refractivity (Wildman–Crippen MR) is 87.9 cm³/mol. The molecule has 1 aromatic rings. The number of benzene rings is 1. The van der Waals surface area contributed by atoms with Gasteiger partial charge in [-0.15, -0.1) is 0 Å². The van der Waals surface area contributed by atoms with E-state index >= 15 is 0 Å². The zero-order chi connectivity index (χ0) is 15.2. The number of hydrogen-bond donors (Lipinski definition) is 2. The highest BCUT2D eigenvalue weighted by Gasteiger charge is 2.21. The molecule has 1 aliphatic heterocycles. The average molecular weight is 310 g/mol. The first-order valence-corrected chi connectivity index (χ1v) is 7.97. The molecule has 0 saturated carbocycles. The van der Waals surface area contributed by atoms with Crippen LogP contribution in [0.15, 0.2) is 24.3 Å². The van der Waals surface area contributed by atoms with Gasteiger partial charge in [0, 0.05) is 19.1 Å². The first-order chi connectivity index (χ1) is 10.1. The Morgan fingerprint density at radius 1 is 1.48 bits per heavy atom. The van der Waals surface area contributed by atoms with Crippen LogP contribution in [0.1, 0.15) is 26.7 Å². The minimum Gasteiger partial charge on any atom is -0.336 e. The van der Waals surface area contributed by atoms with Crippen molar-refractivity contribution in [3.8, 4) is 0 Å². The molecule has 21 heavy (non-hydrogen) atoms. The Bertz CT molecular complexity index is 480. The normalized spacial score (nSPS) is 20.8. The molecule has 0 spiro atoms. The molecule has 2 amide bonds. The summed E-state index contributed by atoms with van der Waals surface area (Å²) in [5.74, 6) is 0.748. The number of urea groups is 1. The minimum absolute atomic E-state index is 0.208. The maximum Gasteiger partial charge on any atom is 0.319 e. The lowest BCUT2D eigenvalue weighted by Gasteiger charge is -2.35. The number of para-hydroxylation sites is 1.